The van der Waals surface area contributed by atoms with Crippen molar-refractivity contribution >= 4 is 17.0 Å². The van der Waals surface area contributed by atoms with Gasteiger partial charge in [-0.25, -0.2) is 4.79 Å². The van der Waals surface area contributed by atoms with Gasteiger partial charge in [0.25, 0.3) is 0 Å². The minimum absolute atomic E-state index is 0.0220. The molecule has 2 atom stereocenters. The number of urea groups is 1. The second-order valence-electron chi connectivity index (χ2n) is 6.49. The summed E-state index contributed by atoms with van der Waals surface area (Å²) >= 11 is 0. The maximum atomic E-state index is 12.2. The van der Waals surface area contributed by atoms with Gasteiger partial charge in [0, 0.05) is 37.0 Å². The zero-order valence-corrected chi connectivity index (χ0v) is 14.4. The highest BCUT2D eigenvalue weighted by Gasteiger charge is 2.25. The fourth-order valence-corrected chi connectivity index (χ4v) is 3.27. The van der Waals surface area contributed by atoms with Gasteiger partial charge in [0.2, 0.25) is 0 Å². The lowest BCUT2D eigenvalue weighted by atomic mass is 9.99. The van der Waals surface area contributed by atoms with Gasteiger partial charge >= 0.3 is 6.03 Å². The molecule has 134 valence electrons. The molecular weight excluding hydrogens is 330 g/mol. The molecule has 2 N–H and O–H groups in total. The van der Waals surface area contributed by atoms with E-state index < -0.39 is 0 Å². The SMILES string of the molecule is O=C(NCc1ccc2occc2c1)N[C@@H]1CCO[C@@H](c2cccnc2)C1. The number of rotatable bonds is 4. The van der Waals surface area contributed by atoms with E-state index in [1.165, 1.54) is 0 Å². The minimum atomic E-state index is -0.158. The molecule has 1 aliphatic heterocycles. The first-order valence-corrected chi connectivity index (χ1v) is 8.80. The molecule has 4 rings (SSSR count). The van der Waals surface area contributed by atoms with Crippen LogP contribution >= 0.6 is 0 Å². The van der Waals surface area contributed by atoms with Gasteiger partial charge in [-0.2, -0.15) is 0 Å². The molecule has 1 aliphatic rings. The van der Waals surface area contributed by atoms with Gasteiger partial charge in [0.05, 0.1) is 12.4 Å². The molecule has 0 saturated carbocycles. The van der Waals surface area contributed by atoms with Crippen LogP contribution in [-0.2, 0) is 11.3 Å². The summed E-state index contributed by atoms with van der Waals surface area (Å²) in [6.07, 6.45) is 6.77. The average Bonchev–Trinajstić information content (AvgIpc) is 3.15. The molecule has 3 heterocycles. The molecule has 3 aromatic rings. The van der Waals surface area contributed by atoms with Crippen LogP contribution in [0.3, 0.4) is 0 Å². The summed E-state index contributed by atoms with van der Waals surface area (Å²) in [4.78, 5) is 16.4. The Morgan fingerprint density at radius 3 is 3.12 bits per heavy atom. The molecule has 0 spiro atoms. The number of nitrogens with zero attached hydrogens (tertiary/aromatic N) is 1. The quantitative estimate of drug-likeness (QED) is 0.754. The molecule has 0 aliphatic carbocycles. The maximum absolute atomic E-state index is 12.2. The number of pyridine rings is 1. The number of carbonyl (C=O) groups excluding carboxylic acids is 1. The first kappa shape index (κ1) is 16.6. The molecule has 26 heavy (non-hydrogen) atoms. The van der Waals surface area contributed by atoms with E-state index in [2.05, 4.69) is 15.6 Å². The normalized spacial score (nSPS) is 20.0. The van der Waals surface area contributed by atoms with Crippen molar-refractivity contribution in [3.05, 3.63) is 66.2 Å². The van der Waals surface area contributed by atoms with E-state index in [0.717, 1.165) is 34.9 Å². The smallest absolute Gasteiger partial charge is 0.315 e. The fourth-order valence-electron chi connectivity index (χ4n) is 3.27. The lowest BCUT2D eigenvalue weighted by Gasteiger charge is -2.30. The van der Waals surface area contributed by atoms with Gasteiger partial charge in [-0.1, -0.05) is 12.1 Å². The predicted molar refractivity (Wildman–Crippen MR) is 97.5 cm³/mol. The third kappa shape index (κ3) is 3.86. The van der Waals surface area contributed by atoms with Crippen LogP contribution in [0.25, 0.3) is 11.0 Å². The largest absolute Gasteiger partial charge is 0.464 e. The van der Waals surface area contributed by atoms with Crippen LogP contribution in [0, 0.1) is 0 Å². The number of aromatic nitrogens is 1. The van der Waals surface area contributed by atoms with E-state index >= 15 is 0 Å². The Bertz CT molecular complexity index is 878. The number of nitrogens with one attached hydrogen (secondary N) is 2. The summed E-state index contributed by atoms with van der Waals surface area (Å²) in [6, 6.07) is 11.6. The zero-order chi connectivity index (χ0) is 17.8. The minimum Gasteiger partial charge on any atom is -0.464 e. The van der Waals surface area contributed by atoms with Crippen LogP contribution in [0.5, 0.6) is 0 Å². The van der Waals surface area contributed by atoms with Gasteiger partial charge in [-0.05, 0) is 48.2 Å². The Labute approximate surface area is 151 Å². The van der Waals surface area contributed by atoms with E-state index in [1.807, 2.05) is 42.6 Å². The highest BCUT2D eigenvalue weighted by atomic mass is 16.5. The second kappa shape index (κ2) is 7.58. The van der Waals surface area contributed by atoms with Gasteiger partial charge in [0.15, 0.2) is 0 Å². The number of carbonyl (C=O) groups is 1. The number of fused-ring (bicyclic) bond motifs is 1. The molecule has 0 unspecified atom stereocenters. The molecule has 0 bridgehead atoms. The van der Waals surface area contributed by atoms with Crippen molar-refractivity contribution in [3.8, 4) is 0 Å². The van der Waals surface area contributed by atoms with Crippen molar-refractivity contribution in [2.24, 2.45) is 0 Å². The van der Waals surface area contributed by atoms with Crippen molar-refractivity contribution in [3.63, 3.8) is 0 Å². The Kier molecular flexibility index (Phi) is 4.84. The lowest BCUT2D eigenvalue weighted by Crippen LogP contribution is -2.44. The molecule has 6 heteroatoms. The van der Waals surface area contributed by atoms with Crippen LogP contribution < -0.4 is 10.6 Å². The van der Waals surface area contributed by atoms with Crippen LogP contribution in [0.4, 0.5) is 4.79 Å². The van der Waals surface area contributed by atoms with Crippen LogP contribution in [0.15, 0.2) is 59.5 Å². The van der Waals surface area contributed by atoms with E-state index in [4.69, 9.17) is 9.15 Å². The maximum Gasteiger partial charge on any atom is 0.315 e. The highest BCUT2D eigenvalue weighted by molar-refractivity contribution is 5.78. The molecule has 6 nitrogen and oxygen atoms in total. The van der Waals surface area contributed by atoms with Gasteiger partial charge in [-0.3, -0.25) is 4.98 Å². The third-order valence-corrected chi connectivity index (χ3v) is 4.65. The number of hydrogen-bond donors (Lipinski definition) is 2. The number of benzene rings is 1. The average molecular weight is 351 g/mol. The summed E-state index contributed by atoms with van der Waals surface area (Å²) in [5.74, 6) is 0. The first-order chi connectivity index (χ1) is 12.8. The summed E-state index contributed by atoms with van der Waals surface area (Å²) in [7, 11) is 0. The summed E-state index contributed by atoms with van der Waals surface area (Å²) in [5, 5.41) is 7.01. The Hall–Kier alpha value is -2.86. The molecule has 0 radical (unpaired) electrons. The lowest BCUT2D eigenvalue weighted by molar-refractivity contribution is 0.00207. The second-order valence-corrected chi connectivity index (χ2v) is 6.49. The van der Waals surface area contributed by atoms with Crippen molar-refractivity contribution < 1.29 is 13.9 Å². The van der Waals surface area contributed by atoms with E-state index in [0.29, 0.717) is 13.2 Å². The first-order valence-electron chi connectivity index (χ1n) is 8.80. The monoisotopic (exact) mass is 351 g/mol. The number of furan rings is 1. The predicted octanol–water partition coefficient (Wildman–Crippen LogP) is 3.55. The standard InChI is InChI=1S/C20H21N3O3/c24-20(22-12-14-3-4-18-15(10-14)5-8-25-18)23-17-6-9-26-19(11-17)16-2-1-7-21-13-16/h1-5,7-8,10,13,17,19H,6,9,11-12H2,(H2,22,23,24)/t17-,19-/m1/s1. The topological polar surface area (TPSA) is 76.4 Å². The highest BCUT2D eigenvalue weighted by Crippen LogP contribution is 2.27. The van der Waals surface area contributed by atoms with Gasteiger partial charge in [0.1, 0.15) is 5.58 Å². The molecule has 1 fully saturated rings. The van der Waals surface area contributed by atoms with Crippen LogP contribution in [0.2, 0.25) is 0 Å². The van der Waals surface area contributed by atoms with Crippen LogP contribution in [0.1, 0.15) is 30.1 Å². The van der Waals surface area contributed by atoms with Gasteiger partial charge < -0.3 is 19.8 Å². The molecule has 1 aromatic carbocycles. The van der Waals surface area contributed by atoms with Crippen molar-refractivity contribution in [2.45, 2.75) is 31.5 Å². The summed E-state index contributed by atoms with van der Waals surface area (Å²) in [6.45, 7) is 1.10. The van der Waals surface area contributed by atoms with Crippen molar-refractivity contribution in [1.82, 2.24) is 15.6 Å². The summed E-state index contributed by atoms with van der Waals surface area (Å²) < 4.78 is 11.1. The van der Waals surface area contributed by atoms with E-state index in [9.17, 15) is 4.79 Å². The Balaban J connectivity index is 1.30. The number of amides is 2. The van der Waals surface area contributed by atoms with Crippen molar-refractivity contribution in [2.75, 3.05) is 6.61 Å². The molecular formula is C20H21N3O3. The Morgan fingerprint density at radius 1 is 1.27 bits per heavy atom. The third-order valence-electron chi connectivity index (χ3n) is 4.65. The van der Waals surface area contributed by atoms with E-state index in [-0.39, 0.29) is 18.2 Å². The number of ether oxygens (including phenoxy) is 1. The Morgan fingerprint density at radius 2 is 2.23 bits per heavy atom. The molecule has 2 aromatic heterocycles. The molecule has 1 saturated heterocycles. The van der Waals surface area contributed by atoms with Crippen LogP contribution in [-0.4, -0.2) is 23.7 Å². The van der Waals surface area contributed by atoms with E-state index in [1.54, 1.807) is 12.5 Å². The number of hydrogen-bond acceptors (Lipinski definition) is 4. The van der Waals surface area contributed by atoms with Crippen molar-refractivity contribution in [1.29, 1.82) is 0 Å². The fraction of sp³-hybridized carbons (Fsp3) is 0.300. The summed E-state index contributed by atoms with van der Waals surface area (Å²) in [5.41, 5.74) is 2.93. The zero-order valence-electron chi connectivity index (χ0n) is 14.4. The molecule has 2 amide bonds. The van der Waals surface area contributed by atoms with Gasteiger partial charge in [-0.15, -0.1) is 0 Å².